The van der Waals surface area contributed by atoms with Crippen LogP contribution in [0.4, 0.5) is 0 Å². The van der Waals surface area contributed by atoms with Gasteiger partial charge in [-0.3, -0.25) is 0 Å². The number of phenolic OH excluding ortho intramolecular Hbond substituents is 1. The van der Waals surface area contributed by atoms with Gasteiger partial charge in [0.05, 0.1) is 5.56 Å². The molecule has 2 aromatic rings. The Labute approximate surface area is 103 Å². The molecule has 0 aliphatic rings. The fourth-order valence-electron chi connectivity index (χ4n) is 1.35. The molecule has 0 fully saturated rings. The first-order valence-corrected chi connectivity index (χ1v) is 5.23. The van der Waals surface area contributed by atoms with Crippen molar-refractivity contribution in [2.75, 3.05) is 0 Å². The van der Waals surface area contributed by atoms with Gasteiger partial charge in [0.25, 0.3) is 0 Å². The van der Waals surface area contributed by atoms with Crippen LogP contribution in [-0.4, -0.2) is 5.11 Å². The highest BCUT2D eigenvalue weighted by molar-refractivity contribution is 6.30. The highest BCUT2D eigenvalue weighted by atomic mass is 35.5. The highest BCUT2D eigenvalue weighted by Crippen LogP contribution is 2.28. The normalized spacial score (nSPS) is 9.65. The second-order valence-corrected chi connectivity index (χ2v) is 3.79. The molecule has 0 spiro atoms. The topological polar surface area (TPSA) is 53.2 Å². The molecule has 4 heteroatoms. The quantitative estimate of drug-likeness (QED) is 0.878. The van der Waals surface area contributed by atoms with E-state index in [9.17, 15) is 5.11 Å². The molecule has 2 aromatic carbocycles. The minimum absolute atomic E-state index is 0.106. The molecule has 0 aliphatic heterocycles. The lowest BCUT2D eigenvalue weighted by Crippen LogP contribution is -1.87. The zero-order chi connectivity index (χ0) is 12.3. The van der Waals surface area contributed by atoms with Crippen LogP contribution in [0.15, 0.2) is 42.5 Å². The maximum atomic E-state index is 9.30. The Morgan fingerprint density at radius 1 is 1.18 bits per heavy atom. The van der Waals surface area contributed by atoms with Gasteiger partial charge in [0.15, 0.2) is 0 Å². The van der Waals surface area contributed by atoms with Crippen LogP contribution < -0.4 is 4.74 Å². The zero-order valence-electron chi connectivity index (χ0n) is 8.72. The monoisotopic (exact) mass is 245 g/mol. The van der Waals surface area contributed by atoms with Crippen molar-refractivity contribution >= 4 is 11.6 Å². The molecule has 0 atom stereocenters. The summed E-state index contributed by atoms with van der Waals surface area (Å²) in [5.74, 6) is 0.973. The van der Waals surface area contributed by atoms with Crippen molar-refractivity contribution < 1.29 is 9.84 Å². The van der Waals surface area contributed by atoms with Crippen LogP contribution in [-0.2, 0) is 0 Å². The van der Waals surface area contributed by atoms with E-state index >= 15 is 0 Å². The molecule has 0 unspecified atom stereocenters. The fourth-order valence-corrected chi connectivity index (χ4v) is 1.52. The van der Waals surface area contributed by atoms with Gasteiger partial charge in [-0.25, -0.2) is 0 Å². The first kappa shape index (κ1) is 11.3. The Morgan fingerprint density at radius 3 is 2.71 bits per heavy atom. The van der Waals surface area contributed by atoms with Crippen LogP contribution in [0.1, 0.15) is 5.56 Å². The van der Waals surface area contributed by atoms with Crippen molar-refractivity contribution in [2.24, 2.45) is 0 Å². The summed E-state index contributed by atoms with van der Waals surface area (Å²) >= 11 is 5.78. The number of nitriles is 1. The van der Waals surface area contributed by atoms with Crippen LogP contribution in [0, 0.1) is 11.3 Å². The predicted octanol–water partition coefficient (Wildman–Crippen LogP) is 3.71. The molecule has 0 saturated heterocycles. The van der Waals surface area contributed by atoms with Crippen molar-refractivity contribution in [2.45, 2.75) is 0 Å². The van der Waals surface area contributed by atoms with Gasteiger partial charge < -0.3 is 9.84 Å². The molecule has 0 amide bonds. The van der Waals surface area contributed by atoms with Gasteiger partial charge in [-0.1, -0.05) is 17.7 Å². The number of aromatic hydroxyl groups is 1. The number of rotatable bonds is 2. The van der Waals surface area contributed by atoms with Crippen molar-refractivity contribution in [3.05, 3.63) is 53.1 Å². The van der Waals surface area contributed by atoms with Gasteiger partial charge in [-0.2, -0.15) is 5.26 Å². The number of benzene rings is 2. The summed E-state index contributed by atoms with van der Waals surface area (Å²) in [6, 6.07) is 13.1. The number of nitrogens with zero attached hydrogens (tertiary/aromatic N) is 1. The summed E-state index contributed by atoms with van der Waals surface area (Å²) in [6.07, 6.45) is 0. The summed E-state index contributed by atoms with van der Waals surface area (Å²) in [4.78, 5) is 0. The van der Waals surface area contributed by atoms with Crippen molar-refractivity contribution in [3.63, 3.8) is 0 Å². The number of hydrogen-bond acceptors (Lipinski definition) is 3. The molecule has 0 heterocycles. The average Bonchev–Trinajstić information content (AvgIpc) is 2.31. The van der Waals surface area contributed by atoms with E-state index in [0.717, 1.165) is 0 Å². The lowest BCUT2D eigenvalue weighted by Gasteiger charge is -2.07. The highest BCUT2D eigenvalue weighted by Gasteiger charge is 2.05. The molecule has 84 valence electrons. The van der Waals surface area contributed by atoms with Gasteiger partial charge in [-0.15, -0.1) is 0 Å². The van der Waals surface area contributed by atoms with E-state index in [2.05, 4.69) is 0 Å². The zero-order valence-corrected chi connectivity index (χ0v) is 9.48. The van der Waals surface area contributed by atoms with Gasteiger partial charge in [0, 0.05) is 11.1 Å². The van der Waals surface area contributed by atoms with E-state index in [-0.39, 0.29) is 5.75 Å². The third kappa shape index (κ3) is 2.68. The van der Waals surface area contributed by atoms with Crippen molar-refractivity contribution in [1.82, 2.24) is 0 Å². The van der Waals surface area contributed by atoms with E-state index in [0.29, 0.717) is 22.1 Å². The van der Waals surface area contributed by atoms with Gasteiger partial charge in [0.1, 0.15) is 23.3 Å². The Balaban J connectivity index is 2.34. The van der Waals surface area contributed by atoms with Gasteiger partial charge >= 0.3 is 0 Å². The molecule has 0 aliphatic carbocycles. The standard InChI is InChI=1S/C13H8ClNO2/c14-10-4-5-13(9(6-10)8-15)17-12-3-1-2-11(16)7-12/h1-7,16H. The number of ether oxygens (including phenoxy) is 1. The van der Waals surface area contributed by atoms with E-state index in [1.54, 1.807) is 30.3 Å². The van der Waals surface area contributed by atoms with E-state index in [1.807, 2.05) is 6.07 Å². The second-order valence-electron chi connectivity index (χ2n) is 3.35. The number of hydrogen-bond donors (Lipinski definition) is 1. The summed E-state index contributed by atoms with van der Waals surface area (Å²) in [7, 11) is 0. The Morgan fingerprint density at radius 2 is 2.00 bits per heavy atom. The molecule has 0 bridgehead atoms. The summed E-state index contributed by atoms with van der Waals surface area (Å²) < 4.78 is 5.50. The maximum absolute atomic E-state index is 9.30. The third-order valence-electron chi connectivity index (χ3n) is 2.11. The van der Waals surface area contributed by atoms with Crippen LogP contribution in [0.25, 0.3) is 0 Å². The largest absolute Gasteiger partial charge is 0.508 e. The average molecular weight is 246 g/mol. The number of phenols is 1. The van der Waals surface area contributed by atoms with Gasteiger partial charge in [0.2, 0.25) is 0 Å². The minimum atomic E-state index is 0.106. The molecule has 3 nitrogen and oxygen atoms in total. The fraction of sp³-hybridized carbons (Fsp3) is 0. The lowest BCUT2D eigenvalue weighted by molar-refractivity contribution is 0.454. The first-order valence-electron chi connectivity index (χ1n) is 4.85. The van der Waals surface area contributed by atoms with Crippen LogP contribution >= 0.6 is 11.6 Å². The minimum Gasteiger partial charge on any atom is -0.508 e. The number of halogens is 1. The second kappa shape index (κ2) is 4.77. The van der Waals surface area contributed by atoms with E-state index in [4.69, 9.17) is 21.6 Å². The summed E-state index contributed by atoms with van der Waals surface area (Å²) in [5, 5.41) is 18.7. The molecular formula is C13H8ClNO2. The van der Waals surface area contributed by atoms with E-state index < -0.39 is 0 Å². The molecule has 0 saturated carbocycles. The molecule has 1 N–H and O–H groups in total. The van der Waals surface area contributed by atoms with Crippen LogP contribution in [0.2, 0.25) is 5.02 Å². The van der Waals surface area contributed by atoms with Crippen LogP contribution in [0.3, 0.4) is 0 Å². The SMILES string of the molecule is N#Cc1cc(Cl)ccc1Oc1cccc(O)c1. The Kier molecular flexibility index (Phi) is 3.17. The lowest BCUT2D eigenvalue weighted by atomic mass is 10.2. The van der Waals surface area contributed by atoms with Crippen molar-refractivity contribution in [1.29, 1.82) is 5.26 Å². The third-order valence-corrected chi connectivity index (χ3v) is 2.34. The predicted molar refractivity (Wildman–Crippen MR) is 64.3 cm³/mol. The van der Waals surface area contributed by atoms with Crippen molar-refractivity contribution in [3.8, 4) is 23.3 Å². The Hall–Kier alpha value is -2.18. The smallest absolute Gasteiger partial charge is 0.145 e. The molecule has 0 radical (unpaired) electrons. The maximum Gasteiger partial charge on any atom is 0.145 e. The Bertz CT molecular complexity index is 590. The van der Waals surface area contributed by atoms with Gasteiger partial charge in [-0.05, 0) is 30.3 Å². The molecule has 17 heavy (non-hydrogen) atoms. The van der Waals surface area contributed by atoms with Crippen LogP contribution in [0.5, 0.6) is 17.2 Å². The molecular weight excluding hydrogens is 238 g/mol. The molecule has 0 aromatic heterocycles. The molecule has 2 rings (SSSR count). The first-order chi connectivity index (χ1) is 8.19. The summed E-state index contributed by atoms with van der Waals surface area (Å²) in [6.45, 7) is 0. The summed E-state index contributed by atoms with van der Waals surface area (Å²) in [5.41, 5.74) is 0.348. The van der Waals surface area contributed by atoms with E-state index in [1.165, 1.54) is 12.1 Å².